The van der Waals surface area contributed by atoms with Gasteiger partial charge in [-0.05, 0) is 25.0 Å². The van der Waals surface area contributed by atoms with E-state index in [1.165, 1.54) is 5.56 Å². The molecule has 3 N–H and O–H groups in total. The first-order valence-corrected chi connectivity index (χ1v) is 7.37. The summed E-state index contributed by atoms with van der Waals surface area (Å²) in [7, 11) is 0. The molecule has 1 saturated heterocycles. The van der Waals surface area contributed by atoms with Gasteiger partial charge in [0.25, 0.3) is 0 Å². The standard InChI is InChI=1S/C16H18N4O3/c1-9-3-4-12(10(2)5-9)13-6-14(23-16(21)22)19-15-11(7-17)8-18-20(13)15/h3-5,8,13-15,18-19H,6H2,1-2H3,(H,21,22). The van der Waals surface area contributed by atoms with Gasteiger partial charge in [-0.1, -0.05) is 23.8 Å². The van der Waals surface area contributed by atoms with Crippen LogP contribution in [0.15, 0.2) is 30.0 Å². The van der Waals surface area contributed by atoms with Crippen molar-refractivity contribution in [1.29, 1.82) is 5.26 Å². The molecule has 1 aromatic carbocycles. The van der Waals surface area contributed by atoms with Gasteiger partial charge in [0, 0.05) is 12.6 Å². The van der Waals surface area contributed by atoms with Crippen molar-refractivity contribution in [3.8, 4) is 6.07 Å². The highest BCUT2D eigenvalue weighted by Gasteiger charge is 2.42. The van der Waals surface area contributed by atoms with Crippen molar-refractivity contribution < 1.29 is 14.6 Å². The van der Waals surface area contributed by atoms with Crippen LogP contribution in [0.25, 0.3) is 0 Å². The van der Waals surface area contributed by atoms with Crippen molar-refractivity contribution >= 4 is 6.16 Å². The van der Waals surface area contributed by atoms with Crippen LogP contribution in [0.4, 0.5) is 4.79 Å². The summed E-state index contributed by atoms with van der Waals surface area (Å²) >= 11 is 0. The molecule has 0 aliphatic carbocycles. The van der Waals surface area contributed by atoms with Crippen LogP contribution >= 0.6 is 0 Å². The highest BCUT2D eigenvalue weighted by Crippen LogP contribution is 2.35. The van der Waals surface area contributed by atoms with E-state index in [1.807, 2.05) is 31.0 Å². The lowest BCUT2D eigenvalue weighted by Gasteiger charge is -2.42. The molecule has 1 aromatic rings. The minimum absolute atomic E-state index is 0.103. The predicted molar refractivity (Wildman–Crippen MR) is 81.8 cm³/mol. The Bertz CT molecular complexity index is 710. The molecule has 3 atom stereocenters. The van der Waals surface area contributed by atoms with Crippen LogP contribution in [0.3, 0.4) is 0 Å². The lowest BCUT2D eigenvalue weighted by molar-refractivity contribution is -0.0472. The first-order chi connectivity index (χ1) is 11.0. The Morgan fingerprint density at radius 2 is 2.26 bits per heavy atom. The summed E-state index contributed by atoms with van der Waals surface area (Å²) in [5.74, 6) is 0. The summed E-state index contributed by atoms with van der Waals surface area (Å²) in [6.07, 6.45) is -0.326. The maximum atomic E-state index is 10.9. The molecule has 0 bridgehead atoms. The molecule has 0 aromatic heterocycles. The molecule has 2 aliphatic rings. The monoisotopic (exact) mass is 314 g/mol. The highest BCUT2D eigenvalue weighted by atomic mass is 16.7. The van der Waals surface area contributed by atoms with E-state index in [0.717, 1.165) is 11.1 Å². The number of fused-ring (bicyclic) bond motifs is 1. The zero-order chi connectivity index (χ0) is 16.6. The lowest BCUT2D eigenvalue weighted by Crippen LogP contribution is -2.59. The molecule has 7 nitrogen and oxygen atoms in total. The quantitative estimate of drug-likeness (QED) is 0.717. The van der Waals surface area contributed by atoms with Crippen molar-refractivity contribution in [2.75, 3.05) is 0 Å². The summed E-state index contributed by atoms with van der Waals surface area (Å²) < 4.78 is 4.92. The summed E-state index contributed by atoms with van der Waals surface area (Å²) in [5.41, 5.74) is 6.98. The van der Waals surface area contributed by atoms with Crippen LogP contribution < -0.4 is 10.7 Å². The van der Waals surface area contributed by atoms with Crippen LogP contribution in [0.5, 0.6) is 0 Å². The van der Waals surface area contributed by atoms with Crippen LogP contribution in [0.1, 0.15) is 29.2 Å². The molecule has 0 amide bonds. The predicted octanol–water partition coefficient (Wildman–Crippen LogP) is 1.91. The number of carbonyl (C=O) groups is 1. The lowest BCUT2D eigenvalue weighted by atomic mass is 9.94. The zero-order valence-corrected chi connectivity index (χ0v) is 12.9. The molecule has 3 unspecified atom stereocenters. The minimum Gasteiger partial charge on any atom is -0.450 e. The van der Waals surface area contributed by atoms with E-state index in [1.54, 1.807) is 6.20 Å². The van der Waals surface area contributed by atoms with E-state index in [-0.39, 0.29) is 6.04 Å². The molecule has 1 fully saturated rings. The smallest absolute Gasteiger partial charge is 0.450 e. The van der Waals surface area contributed by atoms with Gasteiger partial charge in [-0.2, -0.15) is 10.3 Å². The summed E-state index contributed by atoms with van der Waals surface area (Å²) in [6, 6.07) is 8.18. The first kappa shape index (κ1) is 15.3. The molecular formula is C16H18N4O3. The third kappa shape index (κ3) is 2.86. The van der Waals surface area contributed by atoms with Crippen molar-refractivity contribution in [2.45, 2.75) is 38.7 Å². The Balaban J connectivity index is 1.94. The molecule has 3 rings (SSSR count). The van der Waals surface area contributed by atoms with Crippen LogP contribution in [-0.2, 0) is 4.74 Å². The van der Waals surface area contributed by atoms with Gasteiger partial charge in [-0.15, -0.1) is 0 Å². The molecule has 2 aliphatic heterocycles. The van der Waals surface area contributed by atoms with E-state index < -0.39 is 18.5 Å². The number of nitrogens with one attached hydrogen (secondary N) is 2. The Kier molecular flexibility index (Phi) is 3.94. The number of rotatable bonds is 2. The molecule has 0 spiro atoms. The molecular weight excluding hydrogens is 296 g/mol. The SMILES string of the molecule is Cc1ccc(C2CC(OC(=O)O)NC3C(C#N)=CNN32)c(C)c1. The topological polar surface area (TPSA) is 97.6 Å². The normalized spacial score (nSPS) is 26.7. The second kappa shape index (κ2) is 5.91. The number of benzene rings is 1. The fourth-order valence-electron chi connectivity index (χ4n) is 3.22. The van der Waals surface area contributed by atoms with Crippen molar-refractivity contribution in [1.82, 2.24) is 15.8 Å². The minimum atomic E-state index is -1.33. The number of nitrogens with zero attached hydrogens (tertiary/aromatic N) is 2. The van der Waals surface area contributed by atoms with Gasteiger partial charge >= 0.3 is 6.16 Å². The molecule has 0 radical (unpaired) electrons. The van der Waals surface area contributed by atoms with Gasteiger partial charge in [-0.3, -0.25) is 5.32 Å². The van der Waals surface area contributed by atoms with E-state index in [0.29, 0.717) is 12.0 Å². The number of carboxylic acid groups (broad SMARTS) is 1. The number of hydrogen-bond donors (Lipinski definition) is 3. The van der Waals surface area contributed by atoms with E-state index in [9.17, 15) is 10.1 Å². The third-order valence-electron chi connectivity index (χ3n) is 4.22. The van der Waals surface area contributed by atoms with Gasteiger partial charge in [0.2, 0.25) is 0 Å². The molecule has 7 heteroatoms. The maximum absolute atomic E-state index is 10.9. The van der Waals surface area contributed by atoms with Gasteiger partial charge in [0.1, 0.15) is 6.17 Å². The average Bonchev–Trinajstić information content (AvgIpc) is 2.89. The Morgan fingerprint density at radius 1 is 1.48 bits per heavy atom. The number of aryl methyl sites for hydroxylation is 2. The highest BCUT2D eigenvalue weighted by molar-refractivity contribution is 5.57. The van der Waals surface area contributed by atoms with Crippen LogP contribution in [0.2, 0.25) is 0 Å². The molecule has 23 heavy (non-hydrogen) atoms. The van der Waals surface area contributed by atoms with Gasteiger partial charge in [0.05, 0.1) is 17.7 Å². The van der Waals surface area contributed by atoms with E-state index in [2.05, 4.69) is 22.9 Å². The van der Waals surface area contributed by atoms with Gasteiger partial charge in [0.15, 0.2) is 6.23 Å². The van der Waals surface area contributed by atoms with Crippen molar-refractivity contribution in [3.63, 3.8) is 0 Å². The largest absolute Gasteiger partial charge is 0.507 e. The van der Waals surface area contributed by atoms with Gasteiger partial charge in [-0.25, -0.2) is 4.79 Å². The maximum Gasteiger partial charge on any atom is 0.507 e. The number of hydrazine groups is 1. The summed E-state index contributed by atoms with van der Waals surface area (Å²) in [5, 5.41) is 23.1. The van der Waals surface area contributed by atoms with Crippen LogP contribution in [-0.4, -0.2) is 28.7 Å². The Hall–Kier alpha value is -2.56. The fourth-order valence-corrected chi connectivity index (χ4v) is 3.22. The summed E-state index contributed by atoms with van der Waals surface area (Å²) in [4.78, 5) is 10.9. The molecule has 0 saturated carbocycles. The fraction of sp³-hybridized carbons (Fsp3) is 0.375. The average molecular weight is 314 g/mol. The zero-order valence-electron chi connectivity index (χ0n) is 12.9. The number of ether oxygens (including phenoxy) is 1. The van der Waals surface area contributed by atoms with Crippen molar-refractivity contribution in [2.24, 2.45) is 0 Å². The second-order valence-electron chi connectivity index (χ2n) is 5.80. The van der Waals surface area contributed by atoms with E-state index in [4.69, 9.17) is 9.84 Å². The number of nitriles is 1. The molecule has 120 valence electrons. The summed E-state index contributed by atoms with van der Waals surface area (Å²) in [6.45, 7) is 4.06. The van der Waals surface area contributed by atoms with E-state index >= 15 is 0 Å². The number of hydrogen-bond acceptors (Lipinski definition) is 6. The molecule has 2 heterocycles. The third-order valence-corrected chi connectivity index (χ3v) is 4.22. The van der Waals surface area contributed by atoms with Gasteiger partial charge < -0.3 is 15.3 Å². The first-order valence-electron chi connectivity index (χ1n) is 7.37. The van der Waals surface area contributed by atoms with Crippen LogP contribution in [0, 0.1) is 25.2 Å². The van der Waals surface area contributed by atoms with Crippen molar-refractivity contribution in [3.05, 3.63) is 46.7 Å². The second-order valence-corrected chi connectivity index (χ2v) is 5.80. The Morgan fingerprint density at radius 3 is 2.91 bits per heavy atom. The Labute approximate surface area is 134 Å².